The average Bonchev–Trinajstić information content (AvgIpc) is 3.60. The molecule has 0 amide bonds. The predicted molar refractivity (Wildman–Crippen MR) is 335 cm³/mol. The van der Waals surface area contributed by atoms with Gasteiger partial charge in [-0.2, -0.15) is 0 Å². The zero-order chi connectivity index (χ0) is 62.0. The fourth-order valence-corrected chi connectivity index (χ4v) is 11.3. The number of phosphoric ester groups is 2. The standard InChI is InChI=1S/C65H126O17P2/c1-6-9-12-15-18-20-30-35-39-44-49-63(68)76-55-61(82-65(70)51-46-41-36-31-28-26-24-22-21-23-25-27-29-33-37-42-47-58(4)5)57-80-84(73,74)78-53-59(66)52-77-83(71,72)79-56-60(54-75-62(67)48-43-38-32-17-14-11-8-3)81-64(69)50-45-40-34-19-16-13-10-7-2/h58-61,66H,6-57H2,1-5H3,(H,71,72)(H,73,74)/t59-,60+,61+/m0/s1. The van der Waals surface area contributed by atoms with Crippen LogP contribution in [0.1, 0.15) is 330 Å². The van der Waals surface area contributed by atoms with Crippen molar-refractivity contribution < 1.29 is 80.2 Å². The Kier molecular flexibility index (Phi) is 57.4. The molecule has 0 fully saturated rings. The van der Waals surface area contributed by atoms with Gasteiger partial charge in [0.25, 0.3) is 0 Å². The topological polar surface area (TPSA) is 237 Å². The minimum atomic E-state index is -4.94. The smallest absolute Gasteiger partial charge is 0.462 e. The Morgan fingerprint density at radius 2 is 0.548 bits per heavy atom. The lowest BCUT2D eigenvalue weighted by Gasteiger charge is -2.21. The molecular weight excluding hydrogens is 1110 g/mol. The number of aliphatic hydroxyl groups is 1. The summed E-state index contributed by atoms with van der Waals surface area (Å²) in [5.74, 6) is -1.33. The highest BCUT2D eigenvalue weighted by Gasteiger charge is 2.30. The Balaban J connectivity index is 5.12. The van der Waals surface area contributed by atoms with Crippen molar-refractivity contribution in [2.45, 2.75) is 348 Å². The van der Waals surface area contributed by atoms with Gasteiger partial charge in [-0.15, -0.1) is 0 Å². The van der Waals surface area contributed by atoms with Crippen molar-refractivity contribution in [2.24, 2.45) is 5.92 Å². The molecule has 0 aromatic rings. The SMILES string of the molecule is CCCCCCCCCCCCC(=O)OC[C@H](COP(=O)(O)OC[C@@H](O)COP(=O)(O)OC[C@@H](COC(=O)CCCCCCCCC)OC(=O)CCCCCCCCCC)OC(=O)CCCCCCCCCCCCCCCCCCC(C)C. The van der Waals surface area contributed by atoms with Gasteiger partial charge >= 0.3 is 39.5 Å². The van der Waals surface area contributed by atoms with Gasteiger partial charge in [-0.3, -0.25) is 37.3 Å². The zero-order valence-electron chi connectivity index (χ0n) is 54.0. The minimum absolute atomic E-state index is 0.105. The summed E-state index contributed by atoms with van der Waals surface area (Å²) >= 11 is 0. The summed E-state index contributed by atoms with van der Waals surface area (Å²) < 4.78 is 67.8. The van der Waals surface area contributed by atoms with Crippen LogP contribution >= 0.6 is 15.6 Å². The van der Waals surface area contributed by atoms with E-state index in [2.05, 4.69) is 34.6 Å². The number of esters is 4. The fourth-order valence-electron chi connectivity index (χ4n) is 9.76. The van der Waals surface area contributed by atoms with E-state index in [9.17, 15) is 43.2 Å². The molecule has 0 rings (SSSR count). The van der Waals surface area contributed by atoms with Gasteiger partial charge < -0.3 is 33.8 Å². The van der Waals surface area contributed by atoms with Gasteiger partial charge in [0.05, 0.1) is 26.4 Å². The summed E-state index contributed by atoms with van der Waals surface area (Å²) in [7, 11) is -9.88. The Labute approximate surface area is 511 Å². The van der Waals surface area contributed by atoms with Gasteiger partial charge in [0.15, 0.2) is 12.2 Å². The number of hydrogen-bond acceptors (Lipinski definition) is 15. The molecule has 0 saturated carbocycles. The van der Waals surface area contributed by atoms with E-state index in [-0.39, 0.29) is 25.7 Å². The average molecular weight is 1240 g/mol. The lowest BCUT2D eigenvalue weighted by atomic mass is 10.0. The summed E-state index contributed by atoms with van der Waals surface area (Å²) in [5.41, 5.74) is 0. The van der Waals surface area contributed by atoms with Gasteiger partial charge in [-0.05, 0) is 31.6 Å². The largest absolute Gasteiger partial charge is 0.472 e. The number of unbranched alkanes of at least 4 members (excludes halogenated alkanes) is 37. The van der Waals surface area contributed by atoms with E-state index >= 15 is 0 Å². The molecule has 0 aliphatic carbocycles. The Morgan fingerprint density at radius 3 is 0.810 bits per heavy atom. The molecule has 19 heteroatoms. The van der Waals surface area contributed by atoms with Crippen LogP contribution in [0, 0.1) is 5.92 Å². The molecule has 498 valence electrons. The predicted octanol–water partition coefficient (Wildman–Crippen LogP) is 18.2. The molecule has 0 spiro atoms. The number of hydrogen-bond donors (Lipinski definition) is 3. The van der Waals surface area contributed by atoms with E-state index < -0.39 is 97.5 Å². The summed E-state index contributed by atoms with van der Waals surface area (Å²) in [6, 6.07) is 0. The van der Waals surface area contributed by atoms with Crippen molar-refractivity contribution in [1.29, 1.82) is 0 Å². The second-order valence-corrected chi connectivity index (χ2v) is 26.9. The van der Waals surface area contributed by atoms with Crippen LogP contribution < -0.4 is 0 Å². The van der Waals surface area contributed by atoms with Crippen LogP contribution in [0.25, 0.3) is 0 Å². The lowest BCUT2D eigenvalue weighted by Crippen LogP contribution is -2.30. The minimum Gasteiger partial charge on any atom is -0.462 e. The third-order valence-electron chi connectivity index (χ3n) is 15.0. The van der Waals surface area contributed by atoms with Crippen LogP contribution in [0.5, 0.6) is 0 Å². The van der Waals surface area contributed by atoms with Crippen molar-refractivity contribution >= 4 is 39.5 Å². The van der Waals surface area contributed by atoms with Gasteiger partial charge in [0.2, 0.25) is 0 Å². The second kappa shape index (κ2) is 58.7. The summed E-state index contributed by atoms with van der Waals surface area (Å²) in [4.78, 5) is 72.0. The normalized spacial score (nSPS) is 14.2. The van der Waals surface area contributed by atoms with Crippen molar-refractivity contribution in [3.8, 4) is 0 Å². The summed E-state index contributed by atoms with van der Waals surface area (Å²) in [6.45, 7) is 7.16. The van der Waals surface area contributed by atoms with E-state index in [4.69, 9.17) is 37.0 Å². The number of phosphoric acid groups is 2. The number of carbonyl (C=O) groups excluding carboxylic acids is 4. The van der Waals surface area contributed by atoms with E-state index in [0.717, 1.165) is 115 Å². The van der Waals surface area contributed by atoms with E-state index in [0.29, 0.717) is 25.7 Å². The maximum Gasteiger partial charge on any atom is 0.472 e. The molecule has 2 unspecified atom stereocenters. The third-order valence-corrected chi connectivity index (χ3v) is 16.9. The highest BCUT2D eigenvalue weighted by atomic mass is 31.2. The molecule has 0 aromatic carbocycles. The van der Waals surface area contributed by atoms with Crippen LogP contribution in [-0.2, 0) is 65.4 Å². The van der Waals surface area contributed by atoms with Crippen LogP contribution in [0.15, 0.2) is 0 Å². The van der Waals surface area contributed by atoms with E-state index in [1.54, 1.807) is 0 Å². The number of aliphatic hydroxyl groups excluding tert-OH is 1. The van der Waals surface area contributed by atoms with Crippen molar-refractivity contribution in [3.63, 3.8) is 0 Å². The molecule has 0 aromatic heterocycles. The molecular formula is C65H126O17P2. The molecule has 0 saturated heterocycles. The summed E-state index contributed by atoms with van der Waals surface area (Å²) in [6.07, 6.45) is 43.3. The highest BCUT2D eigenvalue weighted by molar-refractivity contribution is 7.47. The van der Waals surface area contributed by atoms with Crippen LogP contribution in [0.2, 0.25) is 0 Å². The van der Waals surface area contributed by atoms with Crippen LogP contribution in [0.4, 0.5) is 0 Å². The quantitative estimate of drug-likeness (QED) is 0.0222. The molecule has 0 radical (unpaired) electrons. The first-order valence-electron chi connectivity index (χ1n) is 34.1. The molecule has 17 nitrogen and oxygen atoms in total. The van der Waals surface area contributed by atoms with Crippen molar-refractivity contribution in [3.05, 3.63) is 0 Å². The molecule has 3 N–H and O–H groups in total. The van der Waals surface area contributed by atoms with Gasteiger partial charge in [0.1, 0.15) is 19.3 Å². The maximum absolute atomic E-state index is 13.0. The first-order valence-corrected chi connectivity index (χ1v) is 37.1. The molecule has 0 bridgehead atoms. The zero-order valence-corrected chi connectivity index (χ0v) is 55.8. The second-order valence-electron chi connectivity index (χ2n) is 24.0. The fraction of sp³-hybridized carbons (Fsp3) is 0.938. The van der Waals surface area contributed by atoms with E-state index in [1.165, 1.54) is 135 Å². The van der Waals surface area contributed by atoms with Crippen molar-refractivity contribution in [2.75, 3.05) is 39.6 Å². The molecule has 0 aliphatic heterocycles. The highest BCUT2D eigenvalue weighted by Crippen LogP contribution is 2.45. The first-order chi connectivity index (χ1) is 40.5. The molecule has 0 aliphatic rings. The Morgan fingerprint density at radius 1 is 0.321 bits per heavy atom. The monoisotopic (exact) mass is 1240 g/mol. The van der Waals surface area contributed by atoms with Crippen LogP contribution in [-0.4, -0.2) is 96.7 Å². The summed E-state index contributed by atoms with van der Waals surface area (Å²) in [5, 5.41) is 10.5. The first kappa shape index (κ1) is 82.1. The van der Waals surface area contributed by atoms with Gasteiger partial charge in [0, 0.05) is 25.7 Å². The number of rotatable bonds is 65. The molecule has 0 heterocycles. The maximum atomic E-state index is 13.0. The van der Waals surface area contributed by atoms with Gasteiger partial charge in [-0.25, -0.2) is 9.13 Å². The van der Waals surface area contributed by atoms with E-state index in [1.807, 2.05) is 0 Å². The van der Waals surface area contributed by atoms with Gasteiger partial charge in [-0.1, -0.05) is 279 Å². The lowest BCUT2D eigenvalue weighted by molar-refractivity contribution is -0.161. The van der Waals surface area contributed by atoms with Crippen molar-refractivity contribution in [1.82, 2.24) is 0 Å². The third kappa shape index (κ3) is 59.0. The Hall–Kier alpha value is -1.94. The number of carbonyl (C=O) groups is 4. The molecule has 5 atom stereocenters. The number of ether oxygens (including phenoxy) is 4. The van der Waals surface area contributed by atoms with Crippen LogP contribution in [0.3, 0.4) is 0 Å². The molecule has 84 heavy (non-hydrogen) atoms. The Bertz CT molecular complexity index is 1640.